The summed E-state index contributed by atoms with van der Waals surface area (Å²) in [5.41, 5.74) is 1.07. The Hall–Kier alpha value is 0.660. The minimum absolute atomic E-state index is 0.0777. The number of fused-ring (bicyclic) bond motifs is 5. The van der Waals surface area contributed by atoms with Crippen LogP contribution in [0.1, 0.15) is 105 Å². The van der Waals surface area contributed by atoms with Crippen molar-refractivity contribution < 1.29 is 5.11 Å². The fraction of sp³-hybridized carbons (Fsp3) is 1.00. The Balaban J connectivity index is 1.33. The summed E-state index contributed by atoms with van der Waals surface area (Å²) in [6.07, 6.45) is 15.4. The molecule has 1 nitrogen and oxygen atoms in total. The van der Waals surface area contributed by atoms with E-state index in [1.54, 1.807) is 0 Å². The van der Waals surface area contributed by atoms with Crippen molar-refractivity contribution in [2.75, 3.05) is 11.5 Å². The summed E-state index contributed by atoms with van der Waals surface area (Å²) in [6, 6.07) is 0. The van der Waals surface area contributed by atoms with Gasteiger partial charge in [0, 0.05) is 11.5 Å². The predicted octanol–water partition coefficient (Wildman–Crippen LogP) is 8.25. The highest BCUT2D eigenvalue weighted by Crippen LogP contribution is 2.71. The SMILES string of the molecule is CC(C)CCC[C@H](C)[C@H]1CC[C@H]2[C@@H]3CC[C@@H]4C[C@@H](O)C5(C[C@]4(C)[C@H]3CC[C@]12C)SCCS5. The minimum Gasteiger partial charge on any atom is -0.391 e. The molecule has 4 saturated carbocycles. The first kappa shape index (κ1) is 24.4. The standard InChI is InChI=1S/C29H50OS2/c1-19(2)7-6-8-20(3)23-11-12-24-22-10-9-21-17-26(30)29(31-15-16-32-29)18-28(21,5)25(22)13-14-27(23,24)4/h19-26,30H,6-18H2,1-5H3/t20-,21+,22-,23+,24-,25-,26+,27+,28-/m0/s1. The molecule has 0 amide bonds. The number of hydrogen-bond donors (Lipinski definition) is 1. The molecule has 0 radical (unpaired) electrons. The first-order valence-electron chi connectivity index (χ1n) is 14.2. The van der Waals surface area contributed by atoms with E-state index in [9.17, 15) is 5.11 Å². The molecule has 4 aliphatic carbocycles. The summed E-state index contributed by atoms with van der Waals surface area (Å²) in [5, 5.41) is 11.2. The van der Waals surface area contributed by atoms with E-state index in [1.807, 2.05) is 0 Å². The molecule has 9 atom stereocenters. The number of rotatable bonds is 5. The van der Waals surface area contributed by atoms with E-state index in [-0.39, 0.29) is 10.2 Å². The summed E-state index contributed by atoms with van der Waals surface area (Å²) in [4.78, 5) is 0. The normalized spacial score (nSPS) is 48.5. The Morgan fingerprint density at radius 3 is 2.31 bits per heavy atom. The molecule has 1 N–H and O–H groups in total. The molecule has 1 aliphatic heterocycles. The molecule has 0 aromatic heterocycles. The van der Waals surface area contributed by atoms with Crippen molar-refractivity contribution >= 4 is 23.5 Å². The summed E-state index contributed by atoms with van der Waals surface area (Å²) in [7, 11) is 0. The van der Waals surface area contributed by atoms with Crippen LogP contribution in [0.5, 0.6) is 0 Å². The first-order chi connectivity index (χ1) is 15.2. The highest BCUT2D eigenvalue weighted by Gasteiger charge is 2.64. The Labute approximate surface area is 207 Å². The monoisotopic (exact) mass is 478 g/mol. The van der Waals surface area contributed by atoms with Crippen LogP contribution in [0.3, 0.4) is 0 Å². The van der Waals surface area contributed by atoms with Crippen LogP contribution >= 0.6 is 23.5 Å². The largest absolute Gasteiger partial charge is 0.391 e. The Bertz CT molecular complexity index is 672. The van der Waals surface area contributed by atoms with E-state index < -0.39 is 0 Å². The molecule has 1 saturated heterocycles. The van der Waals surface area contributed by atoms with Gasteiger partial charge in [0.2, 0.25) is 0 Å². The number of aliphatic hydroxyl groups excluding tert-OH is 1. The van der Waals surface area contributed by atoms with Gasteiger partial charge in [-0.25, -0.2) is 0 Å². The molecule has 1 heterocycles. The first-order valence-corrected chi connectivity index (χ1v) is 16.1. The van der Waals surface area contributed by atoms with Crippen molar-refractivity contribution in [2.45, 2.75) is 115 Å². The third kappa shape index (κ3) is 3.85. The topological polar surface area (TPSA) is 20.2 Å². The number of thioether (sulfide) groups is 2. The van der Waals surface area contributed by atoms with Gasteiger partial charge in [-0.15, -0.1) is 23.5 Å². The maximum absolute atomic E-state index is 11.2. The van der Waals surface area contributed by atoms with Crippen LogP contribution in [-0.2, 0) is 0 Å². The van der Waals surface area contributed by atoms with E-state index in [0.717, 1.165) is 47.8 Å². The van der Waals surface area contributed by atoms with Crippen molar-refractivity contribution in [2.24, 2.45) is 52.3 Å². The summed E-state index contributed by atoms with van der Waals surface area (Å²) in [5.74, 6) is 8.84. The fourth-order valence-corrected chi connectivity index (χ4v) is 13.7. The van der Waals surface area contributed by atoms with Crippen LogP contribution in [0, 0.1) is 52.3 Å². The molecule has 5 aliphatic rings. The van der Waals surface area contributed by atoms with Crippen molar-refractivity contribution in [1.29, 1.82) is 0 Å². The van der Waals surface area contributed by atoms with E-state index in [2.05, 4.69) is 58.1 Å². The smallest absolute Gasteiger partial charge is 0.0874 e. The van der Waals surface area contributed by atoms with Gasteiger partial charge in [-0.3, -0.25) is 0 Å². The highest BCUT2D eigenvalue weighted by atomic mass is 32.2. The van der Waals surface area contributed by atoms with Gasteiger partial charge in [0.15, 0.2) is 0 Å². The predicted molar refractivity (Wildman–Crippen MR) is 142 cm³/mol. The van der Waals surface area contributed by atoms with Crippen molar-refractivity contribution in [3.8, 4) is 0 Å². The summed E-state index contributed by atoms with van der Waals surface area (Å²) >= 11 is 4.23. The summed E-state index contributed by atoms with van der Waals surface area (Å²) < 4.78 is 0.122. The Kier molecular flexibility index (Phi) is 6.81. The molecule has 5 rings (SSSR count). The maximum atomic E-state index is 11.2. The molecule has 0 bridgehead atoms. The van der Waals surface area contributed by atoms with Gasteiger partial charge < -0.3 is 5.11 Å². The second kappa shape index (κ2) is 8.95. The van der Waals surface area contributed by atoms with Gasteiger partial charge in [-0.05, 0) is 104 Å². The number of aliphatic hydroxyl groups is 1. The lowest BCUT2D eigenvalue weighted by Gasteiger charge is -2.63. The average Bonchev–Trinajstić information content (AvgIpc) is 3.33. The quantitative estimate of drug-likeness (QED) is 0.429. The lowest BCUT2D eigenvalue weighted by Crippen LogP contribution is -2.58. The Morgan fingerprint density at radius 2 is 1.59 bits per heavy atom. The van der Waals surface area contributed by atoms with Crippen LogP contribution < -0.4 is 0 Å². The van der Waals surface area contributed by atoms with Gasteiger partial charge in [-0.1, -0.05) is 53.9 Å². The van der Waals surface area contributed by atoms with Gasteiger partial charge in [-0.2, -0.15) is 0 Å². The molecule has 0 aromatic rings. The van der Waals surface area contributed by atoms with Crippen LogP contribution in [0.25, 0.3) is 0 Å². The third-order valence-electron chi connectivity index (χ3n) is 11.7. The van der Waals surface area contributed by atoms with Crippen LogP contribution in [-0.4, -0.2) is 26.8 Å². The van der Waals surface area contributed by atoms with Crippen molar-refractivity contribution in [3.63, 3.8) is 0 Å². The molecule has 184 valence electrons. The van der Waals surface area contributed by atoms with Gasteiger partial charge in [0.1, 0.15) is 0 Å². The molecular weight excluding hydrogens is 428 g/mol. The van der Waals surface area contributed by atoms with E-state index >= 15 is 0 Å². The van der Waals surface area contributed by atoms with Gasteiger partial charge in [0.05, 0.1) is 10.2 Å². The molecule has 0 aromatic carbocycles. The van der Waals surface area contributed by atoms with Crippen molar-refractivity contribution in [1.82, 2.24) is 0 Å². The second-order valence-corrected chi connectivity index (χ2v) is 16.7. The molecule has 1 spiro atoms. The molecule has 5 fully saturated rings. The fourth-order valence-electron chi connectivity index (χ4n) is 10.1. The Morgan fingerprint density at radius 1 is 0.875 bits per heavy atom. The zero-order valence-corrected chi connectivity index (χ0v) is 23.2. The van der Waals surface area contributed by atoms with Gasteiger partial charge in [0.25, 0.3) is 0 Å². The lowest BCUT2D eigenvalue weighted by atomic mass is 9.44. The van der Waals surface area contributed by atoms with Crippen molar-refractivity contribution in [3.05, 3.63) is 0 Å². The molecule has 0 unspecified atom stereocenters. The lowest BCUT2D eigenvalue weighted by molar-refractivity contribution is -0.130. The number of hydrogen-bond acceptors (Lipinski definition) is 3. The maximum Gasteiger partial charge on any atom is 0.0874 e. The third-order valence-corrected chi connectivity index (χ3v) is 15.3. The molecular formula is C29H50OS2. The van der Waals surface area contributed by atoms with E-state index in [1.165, 1.54) is 75.7 Å². The van der Waals surface area contributed by atoms with Crippen LogP contribution in [0.2, 0.25) is 0 Å². The molecule has 3 heteroatoms. The zero-order chi connectivity index (χ0) is 22.7. The summed E-state index contributed by atoms with van der Waals surface area (Å²) in [6.45, 7) is 12.8. The van der Waals surface area contributed by atoms with E-state index in [4.69, 9.17) is 0 Å². The highest BCUT2D eigenvalue weighted by molar-refractivity contribution is 8.21. The molecule has 32 heavy (non-hydrogen) atoms. The van der Waals surface area contributed by atoms with Crippen LogP contribution in [0.15, 0.2) is 0 Å². The van der Waals surface area contributed by atoms with Crippen LogP contribution in [0.4, 0.5) is 0 Å². The van der Waals surface area contributed by atoms with Gasteiger partial charge >= 0.3 is 0 Å². The average molecular weight is 479 g/mol. The minimum atomic E-state index is -0.0777. The second-order valence-electron chi connectivity index (χ2n) is 13.6. The zero-order valence-electron chi connectivity index (χ0n) is 21.6. The van der Waals surface area contributed by atoms with E-state index in [0.29, 0.717) is 10.8 Å².